The van der Waals surface area contributed by atoms with Crippen molar-refractivity contribution in [2.24, 2.45) is 0 Å². The van der Waals surface area contributed by atoms with Gasteiger partial charge >= 0.3 is 6.03 Å². The Morgan fingerprint density at radius 1 is 1.48 bits per heavy atom. The minimum Gasteiger partial charge on any atom is -0.351 e. The molecule has 0 radical (unpaired) electrons. The van der Waals surface area contributed by atoms with Crippen molar-refractivity contribution in [2.75, 3.05) is 18.4 Å². The predicted octanol–water partition coefficient (Wildman–Crippen LogP) is 2.64. The molecule has 3 amide bonds. The lowest BCUT2D eigenvalue weighted by Gasteiger charge is -2.24. The van der Waals surface area contributed by atoms with Crippen molar-refractivity contribution in [3.63, 3.8) is 0 Å². The number of rotatable bonds is 4. The summed E-state index contributed by atoms with van der Waals surface area (Å²) in [6.07, 6.45) is 3.10. The molecule has 1 aromatic carbocycles. The van der Waals surface area contributed by atoms with Gasteiger partial charge in [-0.1, -0.05) is 23.7 Å². The van der Waals surface area contributed by atoms with Crippen LogP contribution in [0.4, 0.5) is 10.5 Å². The van der Waals surface area contributed by atoms with Gasteiger partial charge in [-0.3, -0.25) is 4.79 Å². The van der Waals surface area contributed by atoms with E-state index in [-0.39, 0.29) is 11.9 Å². The van der Waals surface area contributed by atoms with Crippen LogP contribution in [0, 0.1) is 0 Å². The maximum absolute atomic E-state index is 12.3. The molecule has 1 heterocycles. The van der Waals surface area contributed by atoms with Crippen molar-refractivity contribution in [1.82, 2.24) is 10.2 Å². The van der Waals surface area contributed by atoms with E-state index in [0.717, 1.165) is 6.42 Å². The highest BCUT2D eigenvalue weighted by atomic mass is 35.5. The van der Waals surface area contributed by atoms with Crippen molar-refractivity contribution >= 4 is 29.2 Å². The normalized spacial score (nSPS) is 17.4. The average molecular weight is 308 g/mol. The second kappa shape index (κ2) is 7.13. The van der Waals surface area contributed by atoms with Gasteiger partial charge < -0.3 is 15.5 Å². The van der Waals surface area contributed by atoms with Crippen LogP contribution in [0.25, 0.3) is 0 Å². The lowest BCUT2D eigenvalue weighted by Crippen LogP contribution is -2.47. The molecule has 1 atom stereocenters. The number of hydrogen-bond acceptors (Lipinski definition) is 2. The number of carbonyl (C=O) groups excluding carboxylic acids is 2. The summed E-state index contributed by atoms with van der Waals surface area (Å²) in [5.74, 6) is -0.145. The molecule has 1 aliphatic heterocycles. The Kier molecular flexibility index (Phi) is 5.22. The summed E-state index contributed by atoms with van der Waals surface area (Å²) in [6.45, 7) is 4.53. The minimum atomic E-state index is -0.427. The van der Waals surface area contributed by atoms with E-state index in [9.17, 15) is 9.59 Å². The van der Waals surface area contributed by atoms with Crippen LogP contribution in [-0.2, 0) is 4.79 Å². The molecular formula is C15H18ClN3O2. The van der Waals surface area contributed by atoms with Gasteiger partial charge in [-0.25, -0.2) is 4.79 Å². The molecule has 6 heteroatoms. The highest BCUT2D eigenvalue weighted by Gasteiger charge is 2.33. The molecule has 1 saturated heterocycles. The number of likely N-dealkylation sites (tertiary alicyclic amines) is 1. The van der Waals surface area contributed by atoms with Gasteiger partial charge in [-0.2, -0.15) is 0 Å². The smallest absolute Gasteiger partial charge is 0.322 e. The summed E-state index contributed by atoms with van der Waals surface area (Å²) >= 11 is 5.89. The predicted molar refractivity (Wildman–Crippen MR) is 83.4 cm³/mol. The van der Waals surface area contributed by atoms with E-state index in [4.69, 9.17) is 11.6 Å². The van der Waals surface area contributed by atoms with E-state index >= 15 is 0 Å². The van der Waals surface area contributed by atoms with E-state index < -0.39 is 6.04 Å². The first-order valence-electron chi connectivity index (χ1n) is 6.83. The second-order valence-corrected chi connectivity index (χ2v) is 5.26. The molecule has 0 bridgehead atoms. The summed E-state index contributed by atoms with van der Waals surface area (Å²) in [4.78, 5) is 25.9. The van der Waals surface area contributed by atoms with Crippen molar-refractivity contribution in [1.29, 1.82) is 0 Å². The first kappa shape index (κ1) is 15.4. The van der Waals surface area contributed by atoms with Crippen LogP contribution in [-0.4, -0.2) is 36.0 Å². The van der Waals surface area contributed by atoms with Gasteiger partial charge in [0, 0.05) is 23.8 Å². The number of nitrogens with one attached hydrogen (secondary N) is 2. The lowest BCUT2D eigenvalue weighted by molar-refractivity contribution is -0.124. The fourth-order valence-corrected chi connectivity index (χ4v) is 2.52. The SMILES string of the molecule is C=CCNC(=O)C1CCCN1C(=O)Nc1cccc(Cl)c1. The Morgan fingerprint density at radius 3 is 3.00 bits per heavy atom. The van der Waals surface area contributed by atoms with Gasteiger partial charge in [0.25, 0.3) is 0 Å². The molecule has 1 aromatic rings. The van der Waals surface area contributed by atoms with Crippen LogP contribution in [0.15, 0.2) is 36.9 Å². The highest BCUT2D eigenvalue weighted by molar-refractivity contribution is 6.30. The van der Waals surface area contributed by atoms with E-state index in [1.165, 1.54) is 0 Å². The number of halogens is 1. The average Bonchev–Trinajstić information content (AvgIpc) is 2.94. The number of carbonyl (C=O) groups is 2. The number of anilines is 1. The quantitative estimate of drug-likeness (QED) is 0.840. The summed E-state index contributed by atoms with van der Waals surface area (Å²) in [7, 11) is 0. The Bertz CT molecular complexity index is 547. The summed E-state index contributed by atoms with van der Waals surface area (Å²) in [6, 6.07) is 6.21. The summed E-state index contributed by atoms with van der Waals surface area (Å²) < 4.78 is 0. The Balaban J connectivity index is 2.00. The van der Waals surface area contributed by atoms with Gasteiger partial charge in [0.15, 0.2) is 0 Å². The molecule has 0 aliphatic carbocycles. The van der Waals surface area contributed by atoms with Gasteiger partial charge in [0.05, 0.1) is 0 Å². The van der Waals surface area contributed by atoms with Gasteiger partial charge in [-0.15, -0.1) is 6.58 Å². The zero-order valence-corrected chi connectivity index (χ0v) is 12.4. The van der Waals surface area contributed by atoms with Crippen LogP contribution in [0.3, 0.4) is 0 Å². The van der Waals surface area contributed by atoms with Crippen molar-refractivity contribution in [3.8, 4) is 0 Å². The van der Waals surface area contributed by atoms with Gasteiger partial charge in [-0.05, 0) is 31.0 Å². The van der Waals surface area contributed by atoms with Gasteiger partial charge in [0.2, 0.25) is 5.91 Å². The fraction of sp³-hybridized carbons (Fsp3) is 0.333. The maximum atomic E-state index is 12.3. The maximum Gasteiger partial charge on any atom is 0.322 e. The molecule has 0 aromatic heterocycles. The standard InChI is InChI=1S/C15H18ClN3O2/c1-2-8-17-14(20)13-7-4-9-19(13)15(21)18-12-6-3-5-11(16)10-12/h2-3,5-6,10,13H,1,4,7-9H2,(H,17,20)(H,18,21). The van der Waals surface area contributed by atoms with Crippen LogP contribution >= 0.6 is 11.6 Å². The number of hydrogen-bond donors (Lipinski definition) is 2. The summed E-state index contributed by atoms with van der Waals surface area (Å²) in [5, 5.41) is 6.05. The van der Waals surface area contributed by atoms with Crippen molar-refractivity contribution in [2.45, 2.75) is 18.9 Å². The van der Waals surface area contributed by atoms with Crippen LogP contribution in [0.1, 0.15) is 12.8 Å². The molecule has 2 rings (SSSR count). The van der Waals surface area contributed by atoms with Crippen LogP contribution < -0.4 is 10.6 Å². The third-order valence-corrected chi connectivity index (χ3v) is 3.55. The lowest BCUT2D eigenvalue weighted by atomic mass is 10.2. The molecule has 0 saturated carbocycles. The van der Waals surface area contributed by atoms with E-state index in [0.29, 0.717) is 30.2 Å². The molecule has 0 spiro atoms. The number of benzene rings is 1. The minimum absolute atomic E-state index is 0.145. The van der Waals surface area contributed by atoms with E-state index in [1.807, 2.05) is 0 Å². The van der Waals surface area contributed by atoms with E-state index in [1.54, 1.807) is 35.2 Å². The third kappa shape index (κ3) is 3.98. The Hall–Kier alpha value is -2.01. The fourth-order valence-electron chi connectivity index (χ4n) is 2.33. The number of amides is 3. The highest BCUT2D eigenvalue weighted by Crippen LogP contribution is 2.20. The molecule has 1 unspecified atom stereocenters. The first-order chi connectivity index (χ1) is 10.1. The largest absolute Gasteiger partial charge is 0.351 e. The molecule has 21 heavy (non-hydrogen) atoms. The topological polar surface area (TPSA) is 61.4 Å². The van der Waals surface area contributed by atoms with Gasteiger partial charge in [0.1, 0.15) is 6.04 Å². The number of nitrogens with zero attached hydrogens (tertiary/aromatic N) is 1. The monoisotopic (exact) mass is 307 g/mol. The van der Waals surface area contributed by atoms with Crippen LogP contribution in [0.5, 0.6) is 0 Å². The molecule has 112 valence electrons. The van der Waals surface area contributed by atoms with Crippen molar-refractivity contribution in [3.05, 3.63) is 41.9 Å². The second-order valence-electron chi connectivity index (χ2n) is 4.83. The zero-order valence-electron chi connectivity index (χ0n) is 11.6. The summed E-state index contributed by atoms with van der Waals surface area (Å²) in [5.41, 5.74) is 0.615. The number of urea groups is 1. The molecule has 2 N–H and O–H groups in total. The molecule has 5 nitrogen and oxygen atoms in total. The van der Waals surface area contributed by atoms with Crippen LogP contribution in [0.2, 0.25) is 5.02 Å². The molecule has 1 fully saturated rings. The van der Waals surface area contributed by atoms with Crippen molar-refractivity contribution < 1.29 is 9.59 Å². The first-order valence-corrected chi connectivity index (χ1v) is 7.21. The third-order valence-electron chi connectivity index (χ3n) is 3.31. The van der Waals surface area contributed by atoms with E-state index in [2.05, 4.69) is 17.2 Å². The zero-order chi connectivity index (χ0) is 15.2. The Morgan fingerprint density at radius 2 is 2.29 bits per heavy atom. The molecule has 1 aliphatic rings. The Labute approximate surface area is 129 Å². The molecular weight excluding hydrogens is 290 g/mol.